The number of nitrogens with one attached hydrogen (secondary N) is 2. The van der Waals surface area contributed by atoms with Gasteiger partial charge in [0.25, 0.3) is 11.6 Å². The maximum Gasteiger partial charge on any atom is 0.270 e. The molecule has 10 heteroatoms. The molecule has 3 amide bonds. The highest BCUT2D eigenvalue weighted by atomic mass is 35.5. The summed E-state index contributed by atoms with van der Waals surface area (Å²) in [6.45, 7) is 7.94. The van der Waals surface area contributed by atoms with E-state index >= 15 is 0 Å². The molecule has 0 heterocycles. The molecule has 0 spiro atoms. The molecule has 1 unspecified atom stereocenters. The number of carbonyl (C=O) groups is 3. The van der Waals surface area contributed by atoms with E-state index in [-0.39, 0.29) is 28.1 Å². The zero-order valence-electron chi connectivity index (χ0n) is 18.9. The Hall–Kier alpha value is -3.46. The molecule has 33 heavy (non-hydrogen) atoms. The second-order valence-electron chi connectivity index (χ2n) is 7.84. The third-order valence-corrected chi connectivity index (χ3v) is 5.35. The lowest BCUT2D eigenvalue weighted by atomic mass is 10.0. The molecule has 2 N–H and O–H groups in total. The summed E-state index contributed by atoms with van der Waals surface area (Å²) < 4.78 is 0. The summed E-state index contributed by atoms with van der Waals surface area (Å²) in [7, 11) is 0. The number of non-ortho nitro benzene ring substituents is 1. The standard InChI is InChI=1S/C23H27ClN4O5/c1-5-27(15(4)29)13-16-7-6-8-17(11-16)25-23(31)21(14(2)3)26-22(30)19-10-9-18(28(32)33)12-20(19)24/h6-12,14,21H,5,13H2,1-4H3,(H,25,31)(H,26,30). The maximum absolute atomic E-state index is 12.9. The molecule has 0 radical (unpaired) electrons. The number of rotatable bonds is 9. The van der Waals surface area contributed by atoms with Crippen molar-refractivity contribution >= 4 is 40.7 Å². The van der Waals surface area contributed by atoms with Crippen LogP contribution in [0.15, 0.2) is 42.5 Å². The number of benzene rings is 2. The lowest BCUT2D eigenvalue weighted by Gasteiger charge is -2.23. The average Bonchev–Trinajstić information content (AvgIpc) is 2.75. The van der Waals surface area contributed by atoms with Gasteiger partial charge < -0.3 is 15.5 Å². The van der Waals surface area contributed by atoms with Gasteiger partial charge in [0, 0.05) is 37.8 Å². The molecular formula is C23H27ClN4O5. The van der Waals surface area contributed by atoms with Crippen LogP contribution in [-0.2, 0) is 16.1 Å². The highest BCUT2D eigenvalue weighted by Crippen LogP contribution is 2.23. The SMILES string of the molecule is CCN(Cc1cccc(NC(=O)C(NC(=O)c2ccc([N+](=O)[O-])cc2Cl)C(C)C)c1)C(C)=O. The number of carbonyl (C=O) groups excluding carboxylic acids is 3. The van der Waals surface area contributed by atoms with Crippen LogP contribution in [0.2, 0.25) is 5.02 Å². The van der Waals surface area contributed by atoms with Crippen LogP contribution in [-0.4, -0.2) is 40.1 Å². The number of nitro benzene ring substituents is 1. The van der Waals surface area contributed by atoms with Crippen LogP contribution in [0.4, 0.5) is 11.4 Å². The molecule has 0 aliphatic heterocycles. The van der Waals surface area contributed by atoms with E-state index in [4.69, 9.17) is 11.6 Å². The Kier molecular flexibility index (Phi) is 8.93. The summed E-state index contributed by atoms with van der Waals surface area (Å²) >= 11 is 6.04. The van der Waals surface area contributed by atoms with Gasteiger partial charge in [0.15, 0.2) is 0 Å². The number of anilines is 1. The van der Waals surface area contributed by atoms with E-state index in [1.54, 1.807) is 36.9 Å². The van der Waals surface area contributed by atoms with E-state index in [9.17, 15) is 24.5 Å². The zero-order chi connectivity index (χ0) is 24.7. The maximum atomic E-state index is 12.9. The van der Waals surface area contributed by atoms with Gasteiger partial charge >= 0.3 is 0 Å². The van der Waals surface area contributed by atoms with E-state index in [0.717, 1.165) is 11.6 Å². The fourth-order valence-corrected chi connectivity index (χ4v) is 3.45. The van der Waals surface area contributed by atoms with Crippen molar-refractivity contribution in [3.8, 4) is 0 Å². The predicted octanol–water partition coefficient (Wildman–Crippen LogP) is 4.01. The summed E-state index contributed by atoms with van der Waals surface area (Å²) in [5.74, 6) is -1.33. The van der Waals surface area contributed by atoms with Crippen molar-refractivity contribution < 1.29 is 19.3 Å². The Balaban J connectivity index is 2.15. The second-order valence-corrected chi connectivity index (χ2v) is 8.25. The van der Waals surface area contributed by atoms with Gasteiger partial charge in [-0.3, -0.25) is 24.5 Å². The molecule has 2 aromatic rings. The van der Waals surface area contributed by atoms with Crippen molar-refractivity contribution in [1.29, 1.82) is 0 Å². The normalized spacial score (nSPS) is 11.6. The van der Waals surface area contributed by atoms with Gasteiger partial charge in [-0.1, -0.05) is 37.6 Å². The lowest BCUT2D eigenvalue weighted by Crippen LogP contribution is -2.47. The molecular weight excluding hydrogens is 448 g/mol. The second kappa shape index (κ2) is 11.4. The molecule has 176 valence electrons. The molecule has 0 fully saturated rings. The quantitative estimate of drug-likeness (QED) is 0.420. The number of hydrogen-bond acceptors (Lipinski definition) is 5. The van der Waals surface area contributed by atoms with Crippen molar-refractivity contribution in [2.75, 3.05) is 11.9 Å². The van der Waals surface area contributed by atoms with Crippen molar-refractivity contribution in [2.24, 2.45) is 5.92 Å². The molecule has 0 bridgehead atoms. The number of amides is 3. The van der Waals surface area contributed by atoms with Gasteiger partial charge in [-0.2, -0.15) is 0 Å². The summed E-state index contributed by atoms with van der Waals surface area (Å²) in [6.07, 6.45) is 0. The minimum Gasteiger partial charge on any atom is -0.340 e. The number of nitro groups is 1. The summed E-state index contributed by atoms with van der Waals surface area (Å²) in [4.78, 5) is 49.3. The first-order chi connectivity index (χ1) is 15.5. The summed E-state index contributed by atoms with van der Waals surface area (Å²) in [6, 6.07) is 9.77. The first-order valence-corrected chi connectivity index (χ1v) is 10.8. The van der Waals surface area contributed by atoms with Crippen LogP contribution in [0.5, 0.6) is 0 Å². The molecule has 9 nitrogen and oxygen atoms in total. The van der Waals surface area contributed by atoms with Gasteiger partial charge in [-0.15, -0.1) is 0 Å². The largest absolute Gasteiger partial charge is 0.340 e. The predicted molar refractivity (Wildman–Crippen MR) is 126 cm³/mol. The van der Waals surface area contributed by atoms with Crippen LogP contribution < -0.4 is 10.6 Å². The fourth-order valence-electron chi connectivity index (χ4n) is 3.19. The third-order valence-electron chi connectivity index (χ3n) is 5.04. The third kappa shape index (κ3) is 7.01. The van der Waals surface area contributed by atoms with E-state index in [2.05, 4.69) is 10.6 Å². The van der Waals surface area contributed by atoms with Crippen LogP contribution >= 0.6 is 11.6 Å². The molecule has 0 aromatic heterocycles. The number of hydrogen-bond donors (Lipinski definition) is 2. The van der Waals surface area contributed by atoms with Crippen molar-refractivity contribution in [3.63, 3.8) is 0 Å². The molecule has 2 aromatic carbocycles. The fraction of sp³-hybridized carbons (Fsp3) is 0.348. The molecule has 1 atom stereocenters. The first kappa shape index (κ1) is 25.8. The minimum atomic E-state index is -0.878. The smallest absolute Gasteiger partial charge is 0.270 e. The summed E-state index contributed by atoms with van der Waals surface area (Å²) in [5, 5.41) is 16.2. The van der Waals surface area contributed by atoms with Crippen LogP contribution in [0.1, 0.15) is 43.6 Å². The van der Waals surface area contributed by atoms with E-state index in [1.165, 1.54) is 19.1 Å². The van der Waals surface area contributed by atoms with Gasteiger partial charge in [-0.25, -0.2) is 0 Å². The van der Waals surface area contributed by atoms with Crippen molar-refractivity contribution in [3.05, 3.63) is 68.7 Å². The molecule has 0 aliphatic rings. The molecule has 0 saturated heterocycles. The number of halogens is 1. The Morgan fingerprint density at radius 1 is 1.15 bits per heavy atom. The van der Waals surface area contributed by atoms with E-state index < -0.39 is 22.8 Å². The van der Waals surface area contributed by atoms with E-state index in [1.807, 2.05) is 13.0 Å². The lowest BCUT2D eigenvalue weighted by molar-refractivity contribution is -0.384. The molecule has 0 saturated carbocycles. The Morgan fingerprint density at radius 2 is 1.85 bits per heavy atom. The monoisotopic (exact) mass is 474 g/mol. The van der Waals surface area contributed by atoms with Crippen LogP contribution in [0.3, 0.4) is 0 Å². The van der Waals surface area contributed by atoms with Gasteiger partial charge in [0.1, 0.15) is 6.04 Å². The zero-order valence-corrected chi connectivity index (χ0v) is 19.7. The highest BCUT2D eigenvalue weighted by Gasteiger charge is 2.26. The first-order valence-electron chi connectivity index (χ1n) is 10.4. The highest BCUT2D eigenvalue weighted by molar-refractivity contribution is 6.34. The molecule has 2 rings (SSSR count). The average molecular weight is 475 g/mol. The Labute approximate surface area is 197 Å². The van der Waals surface area contributed by atoms with Gasteiger partial charge in [0.05, 0.1) is 15.5 Å². The van der Waals surface area contributed by atoms with Gasteiger partial charge in [-0.05, 0) is 36.6 Å². The van der Waals surface area contributed by atoms with Gasteiger partial charge in [0.2, 0.25) is 11.8 Å². The Bertz CT molecular complexity index is 1060. The summed E-state index contributed by atoms with van der Waals surface area (Å²) in [5.41, 5.74) is 1.19. The Morgan fingerprint density at radius 3 is 2.39 bits per heavy atom. The minimum absolute atomic E-state index is 0.0339. The van der Waals surface area contributed by atoms with Crippen molar-refractivity contribution in [2.45, 2.75) is 40.3 Å². The topological polar surface area (TPSA) is 122 Å². The van der Waals surface area contributed by atoms with E-state index in [0.29, 0.717) is 18.8 Å². The van der Waals surface area contributed by atoms with Crippen molar-refractivity contribution in [1.82, 2.24) is 10.2 Å². The molecule has 0 aliphatic carbocycles. The van der Waals surface area contributed by atoms with Crippen LogP contribution in [0.25, 0.3) is 0 Å². The number of nitrogens with zero attached hydrogens (tertiary/aromatic N) is 2. The van der Waals surface area contributed by atoms with Crippen LogP contribution in [0, 0.1) is 16.0 Å².